The standard InChI is InChI=1S/C14H20F2N2O/c1-17-6-3-7-18(2)13(9-17)14(19)10-4-5-11(15)12(16)8-10/h4-5,8,13-14,19H,3,6-7,9H2,1-2H3. The van der Waals surface area contributed by atoms with Crippen LogP contribution >= 0.6 is 0 Å². The highest BCUT2D eigenvalue weighted by molar-refractivity contribution is 5.21. The predicted molar refractivity (Wildman–Crippen MR) is 69.8 cm³/mol. The molecule has 0 saturated carbocycles. The number of hydrogen-bond donors (Lipinski definition) is 1. The average molecular weight is 270 g/mol. The Morgan fingerprint density at radius 1 is 1.21 bits per heavy atom. The van der Waals surface area contributed by atoms with Crippen molar-refractivity contribution in [1.82, 2.24) is 9.80 Å². The Labute approximate surface area is 112 Å². The van der Waals surface area contributed by atoms with Crippen molar-refractivity contribution in [2.24, 2.45) is 0 Å². The summed E-state index contributed by atoms with van der Waals surface area (Å²) in [5.41, 5.74) is 0.422. The van der Waals surface area contributed by atoms with Crippen molar-refractivity contribution in [3.05, 3.63) is 35.4 Å². The van der Waals surface area contributed by atoms with Crippen molar-refractivity contribution >= 4 is 0 Å². The van der Waals surface area contributed by atoms with Crippen LogP contribution in [0.4, 0.5) is 8.78 Å². The molecule has 0 bridgehead atoms. The molecule has 2 atom stereocenters. The molecule has 1 saturated heterocycles. The fourth-order valence-corrected chi connectivity index (χ4v) is 2.57. The van der Waals surface area contributed by atoms with Gasteiger partial charge < -0.3 is 10.0 Å². The monoisotopic (exact) mass is 270 g/mol. The van der Waals surface area contributed by atoms with Crippen LogP contribution in [-0.4, -0.2) is 54.7 Å². The molecule has 2 rings (SSSR count). The maximum absolute atomic E-state index is 13.3. The molecule has 1 aliphatic heterocycles. The molecule has 2 unspecified atom stereocenters. The highest BCUT2D eigenvalue weighted by atomic mass is 19.2. The molecule has 5 heteroatoms. The van der Waals surface area contributed by atoms with Crippen LogP contribution in [-0.2, 0) is 0 Å². The van der Waals surface area contributed by atoms with Gasteiger partial charge in [0.2, 0.25) is 0 Å². The van der Waals surface area contributed by atoms with E-state index in [1.54, 1.807) is 0 Å². The minimum atomic E-state index is -0.916. The second kappa shape index (κ2) is 5.94. The lowest BCUT2D eigenvalue weighted by atomic mass is 10.0. The van der Waals surface area contributed by atoms with E-state index < -0.39 is 17.7 Å². The highest BCUT2D eigenvalue weighted by Gasteiger charge is 2.28. The second-order valence-electron chi connectivity index (χ2n) is 5.28. The number of aliphatic hydroxyl groups is 1. The van der Waals surface area contributed by atoms with Gasteiger partial charge in [-0.15, -0.1) is 0 Å². The minimum Gasteiger partial charge on any atom is -0.387 e. The first kappa shape index (κ1) is 14.4. The Balaban J connectivity index is 2.20. The van der Waals surface area contributed by atoms with Crippen LogP contribution in [0.3, 0.4) is 0 Å². The normalized spacial score (nSPS) is 24.2. The van der Waals surface area contributed by atoms with Gasteiger partial charge in [0.05, 0.1) is 12.1 Å². The van der Waals surface area contributed by atoms with Crippen molar-refractivity contribution in [3.63, 3.8) is 0 Å². The molecule has 1 aromatic rings. The van der Waals surface area contributed by atoms with Crippen molar-refractivity contribution < 1.29 is 13.9 Å². The summed E-state index contributed by atoms with van der Waals surface area (Å²) in [7, 11) is 3.96. The Kier molecular flexibility index (Phi) is 4.50. The number of nitrogens with zero attached hydrogens (tertiary/aromatic N) is 2. The van der Waals surface area contributed by atoms with Gasteiger partial charge in [-0.3, -0.25) is 4.90 Å². The lowest BCUT2D eigenvalue weighted by molar-refractivity contribution is 0.0569. The molecule has 1 fully saturated rings. The SMILES string of the molecule is CN1CCCN(C)C(C(O)c2ccc(F)c(F)c2)C1. The van der Waals surface area contributed by atoms with E-state index in [0.717, 1.165) is 31.6 Å². The number of rotatable bonds is 2. The molecule has 1 N–H and O–H groups in total. The summed E-state index contributed by atoms with van der Waals surface area (Å²) in [6, 6.07) is 3.48. The van der Waals surface area contributed by atoms with Gasteiger partial charge in [0.25, 0.3) is 0 Å². The van der Waals surface area contributed by atoms with Gasteiger partial charge in [0, 0.05) is 6.54 Å². The number of hydrogen-bond acceptors (Lipinski definition) is 3. The molecule has 0 radical (unpaired) electrons. The Hall–Kier alpha value is -1.04. The van der Waals surface area contributed by atoms with E-state index in [9.17, 15) is 13.9 Å². The predicted octanol–water partition coefficient (Wildman–Crippen LogP) is 1.63. The van der Waals surface area contributed by atoms with Crippen LogP contribution in [0.2, 0.25) is 0 Å². The van der Waals surface area contributed by atoms with Gasteiger partial charge >= 0.3 is 0 Å². The first-order chi connectivity index (χ1) is 8.99. The molecule has 19 heavy (non-hydrogen) atoms. The third kappa shape index (κ3) is 3.29. The summed E-state index contributed by atoms with van der Waals surface area (Å²) in [5.74, 6) is -1.80. The first-order valence-corrected chi connectivity index (χ1v) is 6.51. The van der Waals surface area contributed by atoms with Gasteiger partial charge in [-0.1, -0.05) is 6.07 Å². The smallest absolute Gasteiger partial charge is 0.159 e. The van der Waals surface area contributed by atoms with Crippen LogP contribution in [0, 0.1) is 11.6 Å². The Morgan fingerprint density at radius 3 is 2.63 bits per heavy atom. The van der Waals surface area contributed by atoms with E-state index in [4.69, 9.17) is 0 Å². The fourth-order valence-electron chi connectivity index (χ4n) is 2.57. The molecule has 106 valence electrons. The van der Waals surface area contributed by atoms with Crippen LogP contribution in [0.25, 0.3) is 0 Å². The summed E-state index contributed by atoms with van der Waals surface area (Å²) in [5, 5.41) is 10.4. The molecule has 0 aromatic heterocycles. The molecule has 0 spiro atoms. The van der Waals surface area contributed by atoms with E-state index in [1.165, 1.54) is 6.07 Å². The zero-order valence-electron chi connectivity index (χ0n) is 11.3. The molecule has 0 aliphatic carbocycles. The van der Waals surface area contributed by atoms with E-state index in [2.05, 4.69) is 9.80 Å². The topological polar surface area (TPSA) is 26.7 Å². The summed E-state index contributed by atoms with van der Waals surface area (Å²) in [6.07, 6.45) is 0.217. The van der Waals surface area contributed by atoms with Gasteiger partial charge in [-0.05, 0) is 51.3 Å². The highest BCUT2D eigenvalue weighted by Crippen LogP contribution is 2.24. The molecule has 1 heterocycles. The number of aliphatic hydroxyl groups excluding tert-OH is 1. The fraction of sp³-hybridized carbons (Fsp3) is 0.571. The van der Waals surface area contributed by atoms with Gasteiger partial charge in [0.15, 0.2) is 11.6 Å². The van der Waals surface area contributed by atoms with E-state index in [1.807, 2.05) is 14.1 Å². The number of halogens is 2. The summed E-state index contributed by atoms with van der Waals surface area (Å²) >= 11 is 0. The summed E-state index contributed by atoms with van der Waals surface area (Å²) in [4.78, 5) is 4.23. The van der Waals surface area contributed by atoms with Gasteiger partial charge in [0.1, 0.15) is 0 Å². The largest absolute Gasteiger partial charge is 0.387 e. The molecule has 3 nitrogen and oxygen atoms in total. The van der Waals surface area contributed by atoms with Crippen LogP contribution in [0.5, 0.6) is 0 Å². The quantitative estimate of drug-likeness (QED) is 0.885. The molecule has 1 aromatic carbocycles. The summed E-state index contributed by atoms with van der Waals surface area (Å²) in [6.45, 7) is 2.57. The maximum Gasteiger partial charge on any atom is 0.159 e. The third-order valence-corrected chi connectivity index (χ3v) is 3.77. The number of likely N-dealkylation sites (N-methyl/N-ethyl adjacent to an activating group) is 2. The zero-order chi connectivity index (χ0) is 14.0. The van der Waals surface area contributed by atoms with Crippen LogP contribution < -0.4 is 0 Å². The molecular weight excluding hydrogens is 250 g/mol. The first-order valence-electron chi connectivity index (χ1n) is 6.51. The van der Waals surface area contributed by atoms with Crippen molar-refractivity contribution in [2.45, 2.75) is 18.6 Å². The van der Waals surface area contributed by atoms with E-state index >= 15 is 0 Å². The minimum absolute atomic E-state index is 0.114. The van der Waals surface area contributed by atoms with Crippen molar-refractivity contribution in [1.29, 1.82) is 0 Å². The molecular formula is C14H20F2N2O. The molecule has 1 aliphatic rings. The van der Waals surface area contributed by atoms with Crippen molar-refractivity contribution in [2.75, 3.05) is 33.7 Å². The molecule has 0 amide bonds. The maximum atomic E-state index is 13.3. The lowest BCUT2D eigenvalue weighted by Gasteiger charge is -2.31. The van der Waals surface area contributed by atoms with Gasteiger partial charge in [-0.25, -0.2) is 8.78 Å². The van der Waals surface area contributed by atoms with E-state index in [0.29, 0.717) is 12.1 Å². The van der Waals surface area contributed by atoms with Crippen molar-refractivity contribution in [3.8, 4) is 0 Å². The number of benzene rings is 1. The van der Waals surface area contributed by atoms with E-state index in [-0.39, 0.29) is 6.04 Å². The summed E-state index contributed by atoms with van der Waals surface area (Å²) < 4.78 is 26.2. The van der Waals surface area contributed by atoms with Gasteiger partial charge in [-0.2, -0.15) is 0 Å². The average Bonchev–Trinajstić information content (AvgIpc) is 2.54. The second-order valence-corrected chi connectivity index (χ2v) is 5.28. The Morgan fingerprint density at radius 2 is 1.95 bits per heavy atom. The lowest BCUT2D eigenvalue weighted by Crippen LogP contribution is -2.42. The zero-order valence-corrected chi connectivity index (χ0v) is 11.3. The van der Waals surface area contributed by atoms with Crippen LogP contribution in [0.15, 0.2) is 18.2 Å². The Bertz CT molecular complexity index is 441. The third-order valence-electron chi connectivity index (χ3n) is 3.77. The van der Waals surface area contributed by atoms with Crippen LogP contribution in [0.1, 0.15) is 18.1 Å².